The third kappa shape index (κ3) is 3.15. The molecule has 0 aromatic heterocycles. The lowest BCUT2D eigenvalue weighted by Crippen LogP contribution is -2.21. The molecule has 3 N–H and O–H groups in total. The van der Waals surface area contributed by atoms with Gasteiger partial charge in [-0.1, -0.05) is 30.3 Å². The summed E-state index contributed by atoms with van der Waals surface area (Å²) in [5, 5.41) is 2.83. The highest BCUT2D eigenvalue weighted by atomic mass is 19.1. The van der Waals surface area contributed by atoms with Crippen LogP contribution in [0.15, 0.2) is 42.5 Å². The van der Waals surface area contributed by atoms with Crippen LogP contribution in [-0.2, 0) is 11.2 Å². The average molecular weight is 314 g/mol. The molecule has 2 aromatic rings. The highest BCUT2D eigenvalue weighted by molar-refractivity contribution is 5.99. The molecule has 1 aliphatic heterocycles. The van der Waals surface area contributed by atoms with Gasteiger partial charge in [-0.15, -0.1) is 0 Å². The minimum atomic E-state index is -0.695. The number of hydrogen-bond donors (Lipinski definition) is 2. The van der Waals surface area contributed by atoms with Gasteiger partial charge in [0, 0.05) is 5.56 Å². The van der Waals surface area contributed by atoms with E-state index in [0.29, 0.717) is 12.0 Å². The second kappa shape index (κ2) is 6.08. The van der Waals surface area contributed by atoms with Crippen LogP contribution >= 0.6 is 0 Å². The van der Waals surface area contributed by atoms with Crippen LogP contribution in [0.1, 0.15) is 27.5 Å². The molecule has 0 bridgehead atoms. The molecule has 23 heavy (non-hydrogen) atoms. The zero-order valence-electron chi connectivity index (χ0n) is 12.2. The van der Waals surface area contributed by atoms with Crippen molar-refractivity contribution in [1.29, 1.82) is 0 Å². The van der Waals surface area contributed by atoms with Gasteiger partial charge in [-0.05, 0) is 29.7 Å². The summed E-state index contributed by atoms with van der Waals surface area (Å²) in [6.07, 6.45) is 0.584. The Morgan fingerprint density at radius 1 is 1.26 bits per heavy atom. The highest BCUT2D eigenvalue weighted by Gasteiger charge is 2.30. The molecule has 0 saturated carbocycles. The molecule has 5 nitrogen and oxygen atoms in total. The maximum Gasteiger partial charge on any atom is 0.255 e. The van der Waals surface area contributed by atoms with Crippen LogP contribution in [-0.4, -0.2) is 18.4 Å². The van der Waals surface area contributed by atoms with Gasteiger partial charge in [-0.2, -0.15) is 0 Å². The summed E-state index contributed by atoms with van der Waals surface area (Å²) < 4.78 is 19.0. The van der Waals surface area contributed by atoms with Crippen LogP contribution in [0.2, 0.25) is 0 Å². The van der Waals surface area contributed by atoms with E-state index >= 15 is 0 Å². The minimum absolute atomic E-state index is 0.0860. The number of ether oxygens (including phenoxy) is 1. The summed E-state index contributed by atoms with van der Waals surface area (Å²) in [4.78, 5) is 22.8. The summed E-state index contributed by atoms with van der Waals surface area (Å²) in [6, 6.07) is 12.0. The molecule has 0 fully saturated rings. The standard InChI is InChI=1S/C17H15FN2O3/c18-13-7-12-11(8-15(13)23-9-16(19)21)14(20-17(12)22)6-10-4-2-1-3-5-10/h1-5,7-8,14H,6,9H2,(H2,19,21)(H,20,22). The van der Waals surface area contributed by atoms with Crippen molar-refractivity contribution in [2.24, 2.45) is 5.73 Å². The van der Waals surface area contributed by atoms with Crippen molar-refractivity contribution in [3.8, 4) is 5.75 Å². The molecule has 1 atom stereocenters. The Morgan fingerprint density at radius 2 is 2.00 bits per heavy atom. The first-order chi connectivity index (χ1) is 11.0. The Balaban J connectivity index is 1.89. The fraction of sp³-hybridized carbons (Fsp3) is 0.176. The number of halogens is 1. The molecule has 0 radical (unpaired) electrons. The van der Waals surface area contributed by atoms with Gasteiger partial charge in [0.15, 0.2) is 18.2 Å². The largest absolute Gasteiger partial charge is 0.481 e. The molecule has 0 aliphatic carbocycles. The predicted octanol–water partition coefficient (Wildman–Crippen LogP) is 1.72. The summed E-state index contributed by atoms with van der Waals surface area (Å²) >= 11 is 0. The molecule has 118 valence electrons. The number of carbonyl (C=O) groups is 2. The fourth-order valence-electron chi connectivity index (χ4n) is 2.64. The van der Waals surface area contributed by atoms with Crippen molar-refractivity contribution in [2.75, 3.05) is 6.61 Å². The Bertz CT molecular complexity index is 762. The topological polar surface area (TPSA) is 81.4 Å². The van der Waals surface area contributed by atoms with E-state index < -0.39 is 18.3 Å². The lowest BCUT2D eigenvalue weighted by Gasteiger charge is -2.13. The van der Waals surface area contributed by atoms with E-state index in [0.717, 1.165) is 11.6 Å². The second-order valence-corrected chi connectivity index (χ2v) is 5.34. The molecule has 0 spiro atoms. The molecule has 1 heterocycles. The third-order valence-corrected chi connectivity index (χ3v) is 3.68. The third-order valence-electron chi connectivity index (χ3n) is 3.68. The van der Waals surface area contributed by atoms with Crippen LogP contribution in [0.3, 0.4) is 0 Å². The number of carbonyl (C=O) groups excluding carboxylic acids is 2. The van der Waals surface area contributed by atoms with Gasteiger partial charge in [-0.25, -0.2) is 4.39 Å². The van der Waals surface area contributed by atoms with Crippen molar-refractivity contribution in [3.05, 3.63) is 65.0 Å². The predicted molar refractivity (Wildman–Crippen MR) is 81.4 cm³/mol. The van der Waals surface area contributed by atoms with Gasteiger partial charge in [-0.3, -0.25) is 9.59 Å². The van der Waals surface area contributed by atoms with Gasteiger partial charge >= 0.3 is 0 Å². The maximum atomic E-state index is 14.0. The summed E-state index contributed by atoms with van der Waals surface area (Å²) in [5.41, 5.74) is 6.99. The lowest BCUT2D eigenvalue weighted by atomic mass is 9.98. The van der Waals surface area contributed by atoms with Crippen molar-refractivity contribution < 1.29 is 18.7 Å². The summed E-state index contributed by atoms with van der Waals surface area (Å²) in [7, 11) is 0. The van der Waals surface area contributed by atoms with Crippen LogP contribution < -0.4 is 15.8 Å². The van der Waals surface area contributed by atoms with Crippen LogP contribution in [0.5, 0.6) is 5.75 Å². The number of nitrogens with one attached hydrogen (secondary N) is 1. The summed E-state index contributed by atoms with van der Waals surface area (Å²) in [6.45, 7) is -0.416. The van der Waals surface area contributed by atoms with Crippen molar-refractivity contribution in [3.63, 3.8) is 0 Å². The number of benzene rings is 2. The highest BCUT2D eigenvalue weighted by Crippen LogP contribution is 2.33. The van der Waals surface area contributed by atoms with Crippen LogP contribution in [0, 0.1) is 5.82 Å². The van der Waals surface area contributed by atoms with Gasteiger partial charge < -0.3 is 15.8 Å². The van der Waals surface area contributed by atoms with Crippen LogP contribution in [0.4, 0.5) is 4.39 Å². The van der Waals surface area contributed by atoms with E-state index in [-0.39, 0.29) is 23.3 Å². The Morgan fingerprint density at radius 3 is 2.70 bits per heavy atom. The number of hydrogen-bond acceptors (Lipinski definition) is 3. The fourth-order valence-corrected chi connectivity index (χ4v) is 2.64. The SMILES string of the molecule is NC(=O)COc1cc2c(cc1F)C(=O)NC2Cc1ccccc1. The molecular formula is C17H15FN2O3. The van der Waals surface area contributed by atoms with E-state index in [1.165, 1.54) is 6.07 Å². The Hall–Kier alpha value is -2.89. The lowest BCUT2D eigenvalue weighted by molar-refractivity contribution is -0.120. The first-order valence-electron chi connectivity index (χ1n) is 7.14. The van der Waals surface area contributed by atoms with Gasteiger partial charge in [0.05, 0.1) is 6.04 Å². The molecule has 2 aromatic carbocycles. The molecule has 1 unspecified atom stereocenters. The first kappa shape index (κ1) is 15.0. The molecule has 2 amide bonds. The molecule has 3 rings (SSSR count). The van der Waals surface area contributed by atoms with E-state index in [2.05, 4.69) is 5.32 Å². The Labute approximate surface area is 132 Å². The van der Waals surface area contributed by atoms with E-state index in [1.54, 1.807) is 0 Å². The zero-order valence-corrected chi connectivity index (χ0v) is 12.2. The maximum absolute atomic E-state index is 14.0. The number of fused-ring (bicyclic) bond motifs is 1. The van der Waals surface area contributed by atoms with Crippen molar-refractivity contribution >= 4 is 11.8 Å². The minimum Gasteiger partial charge on any atom is -0.481 e. The molecule has 0 saturated heterocycles. The normalized spacial score (nSPS) is 15.9. The quantitative estimate of drug-likeness (QED) is 0.881. The molecule has 1 aliphatic rings. The average Bonchev–Trinajstić information content (AvgIpc) is 2.81. The number of rotatable bonds is 5. The monoisotopic (exact) mass is 314 g/mol. The van der Waals surface area contributed by atoms with Crippen molar-refractivity contribution in [2.45, 2.75) is 12.5 Å². The molecule has 6 heteroatoms. The van der Waals surface area contributed by atoms with E-state index in [9.17, 15) is 14.0 Å². The van der Waals surface area contributed by atoms with Gasteiger partial charge in [0.2, 0.25) is 0 Å². The van der Waals surface area contributed by atoms with Crippen molar-refractivity contribution in [1.82, 2.24) is 5.32 Å². The zero-order chi connectivity index (χ0) is 16.4. The first-order valence-corrected chi connectivity index (χ1v) is 7.14. The van der Waals surface area contributed by atoms with Gasteiger partial charge in [0.25, 0.3) is 11.8 Å². The Kier molecular flexibility index (Phi) is 3.97. The van der Waals surface area contributed by atoms with E-state index in [4.69, 9.17) is 10.5 Å². The number of primary amides is 1. The number of nitrogens with two attached hydrogens (primary N) is 1. The van der Waals surface area contributed by atoms with Gasteiger partial charge in [0.1, 0.15) is 0 Å². The number of amides is 2. The summed E-state index contributed by atoms with van der Waals surface area (Å²) in [5.74, 6) is -1.79. The second-order valence-electron chi connectivity index (χ2n) is 5.34. The van der Waals surface area contributed by atoms with E-state index in [1.807, 2.05) is 30.3 Å². The molecular weight excluding hydrogens is 299 g/mol. The smallest absolute Gasteiger partial charge is 0.255 e. The van der Waals surface area contributed by atoms with Crippen LogP contribution in [0.25, 0.3) is 0 Å².